The summed E-state index contributed by atoms with van der Waals surface area (Å²) in [5.41, 5.74) is 2.82. The summed E-state index contributed by atoms with van der Waals surface area (Å²) in [7, 11) is 5.41. The van der Waals surface area contributed by atoms with Crippen LogP contribution >= 0.6 is 11.6 Å². The molecule has 0 saturated heterocycles. The van der Waals surface area contributed by atoms with Gasteiger partial charge in [0.05, 0.1) is 25.3 Å². The van der Waals surface area contributed by atoms with Gasteiger partial charge in [-0.2, -0.15) is 0 Å². The highest BCUT2D eigenvalue weighted by molar-refractivity contribution is 6.31. The van der Waals surface area contributed by atoms with E-state index in [-0.39, 0.29) is 17.9 Å². The number of fused-ring (bicyclic) bond motifs is 1. The van der Waals surface area contributed by atoms with E-state index in [1.807, 2.05) is 61.5 Å². The molecule has 1 atom stereocenters. The average molecular weight is 517 g/mol. The zero-order chi connectivity index (χ0) is 26.3. The number of hydrogen-bond acceptors (Lipinski definition) is 6. The molecule has 0 aliphatic carbocycles. The number of furan rings is 1. The van der Waals surface area contributed by atoms with Crippen molar-refractivity contribution in [3.63, 3.8) is 0 Å². The van der Waals surface area contributed by atoms with Crippen molar-refractivity contribution >= 4 is 39.9 Å². The molecule has 7 nitrogen and oxygen atoms in total. The number of benzene rings is 3. The van der Waals surface area contributed by atoms with Crippen LogP contribution in [0.1, 0.15) is 27.7 Å². The van der Waals surface area contributed by atoms with Gasteiger partial charge in [0.15, 0.2) is 11.5 Å². The Morgan fingerprint density at radius 3 is 2.51 bits per heavy atom. The van der Waals surface area contributed by atoms with Gasteiger partial charge in [0.1, 0.15) is 11.3 Å². The third-order valence-corrected chi connectivity index (χ3v) is 6.74. The molecule has 0 fully saturated rings. The van der Waals surface area contributed by atoms with Crippen LogP contribution in [0.25, 0.3) is 11.0 Å². The van der Waals surface area contributed by atoms with Gasteiger partial charge in [-0.25, -0.2) is 0 Å². The smallest absolute Gasteiger partial charge is 0.290 e. The summed E-state index contributed by atoms with van der Waals surface area (Å²) in [6.45, 7) is 0.125. The van der Waals surface area contributed by atoms with Gasteiger partial charge in [0.25, 0.3) is 5.91 Å². The normalized spacial score (nSPS) is 15.5. The number of amides is 1. The number of aliphatic hydroxyl groups is 1. The van der Waals surface area contributed by atoms with Crippen molar-refractivity contribution in [1.29, 1.82) is 0 Å². The number of hydrogen-bond donors (Lipinski definition) is 1. The van der Waals surface area contributed by atoms with Crippen LogP contribution in [0.15, 0.2) is 88.5 Å². The molecule has 1 aliphatic rings. The molecule has 37 heavy (non-hydrogen) atoms. The molecule has 1 aromatic heterocycles. The van der Waals surface area contributed by atoms with Gasteiger partial charge in [0.2, 0.25) is 5.78 Å². The number of ether oxygens (including phenoxy) is 1. The fraction of sp³-hybridized carbons (Fsp3) is 0.172. The van der Waals surface area contributed by atoms with Gasteiger partial charge in [0, 0.05) is 35.8 Å². The van der Waals surface area contributed by atoms with Crippen molar-refractivity contribution < 1.29 is 23.8 Å². The van der Waals surface area contributed by atoms with Crippen LogP contribution in [0.5, 0.6) is 5.75 Å². The molecule has 1 aliphatic heterocycles. The number of ketones is 1. The van der Waals surface area contributed by atoms with Crippen molar-refractivity contribution in [3.8, 4) is 5.75 Å². The van der Waals surface area contributed by atoms with Gasteiger partial charge >= 0.3 is 0 Å². The predicted octanol–water partition coefficient (Wildman–Crippen LogP) is 5.94. The van der Waals surface area contributed by atoms with Crippen LogP contribution in [0, 0.1) is 0 Å². The molecule has 4 aromatic rings. The molecule has 1 N–H and O–H groups in total. The Balaban J connectivity index is 1.60. The first-order valence-electron chi connectivity index (χ1n) is 11.7. The van der Waals surface area contributed by atoms with Crippen molar-refractivity contribution in [2.24, 2.45) is 0 Å². The van der Waals surface area contributed by atoms with E-state index in [0.717, 1.165) is 11.3 Å². The quantitative estimate of drug-likeness (QED) is 0.306. The van der Waals surface area contributed by atoms with Crippen LogP contribution in [0.4, 0.5) is 5.69 Å². The Hall–Kier alpha value is -4.23. The topological polar surface area (TPSA) is 83.2 Å². The monoisotopic (exact) mass is 516 g/mol. The number of nitrogens with zero attached hydrogens (tertiary/aromatic N) is 2. The number of rotatable bonds is 7. The van der Waals surface area contributed by atoms with Gasteiger partial charge in [-0.1, -0.05) is 41.9 Å². The van der Waals surface area contributed by atoms with E-state index in [1.54, 1.807) is 37.4 Å². The van der Waals surface area contributed by atoms with E-state index in [0.29, 0.717) is 27.3 Å². The predicted molar refractivity (Wildman–Crippen MR) is 142 cm³/mol. The molecule has 0 saturated carbocycles. The summed E-state index contributed by atoms with van der Waals surface area (Å²) in [6, 6.07) is 20.6. The van der Waals surface area contributed by atoms with E-state index in [4.69, 9.17) is 20.8 Å². The van der Waals surface area contributed by atoms with Gasteiger partial charge in [-0.15, -0.1) is 0 Å². The van der Waals surface area contributed by atoms with Crippen molar-refractivity contribution in [2.45, 2.75) is 12.6 Å². The van der Waals surface area contributed by atoms with Crippen molar-refractivity contribution in [2.75, 3.05) is 26.1 Å². The third kappa shape index (κ3) is 4.42. The van der Waals surface area contributed by atoms with E-state index >= 15 is 0 Å². The maximum atomic E-state index is 13.8. The lowest BCUT2D eigenvalue weighted by Gasteiger charge is -2.27. The minimum atomic E-state index is -0.835. The number of anilines is 1. The molecular weight excluding hydrogens is 492 g/mol. The number of carbonyl (C=O) groups excluding carboxylic acids is 2. The van der Waals surface area contributed by atoms with Crippen LogP contribution in [-0.2, 0) is 11.3 Å². The van der Waals surface area contributed by atoms with E-state index in [9.17, 15) is 14.7 Å². The SMILES string of the molecule is COc1ccccc1CN1C(=O)C(O)=C(C(=O)c2cc3cc(Cl)ccc3o2)C1c1ccc(N(C)C)cc1. The minimum absolute atomic E-state index is 0.0145. The second-order valence-electron chi connectivity index (χ2n) is 9.02. The zero-order valence-corrected chi connectivity index (χ0v) is 21.3. The Morgan fingerprint density at radius 1 is 1.08 bits per heavy atom. The number of halogens is 1. The molecule has 1 amide bonds. The zero-order valence-electron chi connectivity index (χ0n) is 20.6. The second-order valence-corrected chi connectivity index (χ2v) is 9.45. The highest BCUT2D eigenvalue weighted by atomic mass is 35.5. The lowest BCUT2D eigenvalue weighted by Crippen LogP contribution is -2.31. The lowest BCUT2D eigenvalue weighted by molar-refractivity contribution is -0.130. The molecule has 188 valence electrons. The van der Waals surface area contributed by atoms with E-state index in [2.05, 4.69) is 0 Å². The largest absolute Gasteiger partial charge is 0.503 e. The Morgan fingerprint density at radius 2 is 1.81 bits per heavy atom. The summed E-state index contributed by atoms with van der Waals surface area (Å²) < 4.78 is 11.3. The first kappa shape index (κ1) is 24.5. The fourth-order valence-electron chi connectivity index (χ4n) is 4.63. The number of methoxy groups -OCH3 is 1. The number of Topliss-reactive ketones (excluding diaryl/α,β-unsaturated/α-hetero) is 1. The number of para-hydroxylation sites is 1. The van der Waals surface area contributed by atoms with Gasteiger partial charge < -0.3 is 24.1 Å². The number of carbonyl (C=O) groups is 2. The molecule has 2 heterocycles. The van der Waals surface area contributed by atoms with Gasteiger partial charge in [-0.3, -0.25) is 9.59 Å². The van der Waals surface area contributed by atoms with E-state index < -0.39 is 23.5 Å². The van der Waals surface area contributed by atoms with Crippen molar-refractivity contribution in [1.82, 2.24) is 4.90 Å². The maximum Gasteiger partial charge on any atom is 0.290 e. The summed E-state index contributed by atoms with van der Waals surface area (Å²) in [6.07, 6.45) is 0. The second kappa shape index (κ2) is 9.67. The first-order chi connectivity index (χ1) is 17.8. The van der Waals surface area contributed by atoms with Crippen LogP contribution in [0.3, 0.4) is 0 Å². The molecule has 5 rings (SSSR count). The average Bonchev–Trinajstić information content (AvgIpc) is 3.43. The molecule has 3 aromatic carbocycles. The molecular formula is C29H25ClN2O5. The van der Waals surface area contributed by atoms with Crippen LogP contribution in [0.2, 0.25) is 5.02 Å². The standard InChI is InChI=1S/C29H25ClN2O5/c1-31(2)21-11-8-17(9-12-21)26-25(27(33)24-15-19-14-20(30)10-13-23(19)37-24)28(34)29(35)32(26)16-18-6-4-5-7-22(18)36-3/h4-15,26,34H,16H2,1-3H3. The summed E-state index contributed by atoms with van der Waals surface area (Å²) >= 11 is 6.09. The first-order valence-corrected chi connectivity index (χ1v) is 12.0. The fourth-order valence-corrected chi connectivity index (χ4v) is 4.81. The highest BCUT2D eigenvalue weighted by Gasteiger charge is 2.44. The Kier molecular flexibility index (Phi) is 6.39. The van der Waals surface area contributed by atoms with E-state index in [1.165, 1.54) is 4.90 Å². The minimum Gasteiger partial charge on any atom is -0.503 e. The summed E-state index contributed by atoms with van der Waals surface area (Å²) in [5.74, 6) is -1.19. The highest BCUT2D eigenvalue weighted by Crippen LogP contribution is 2.41. The maximum absolute atomic E-state index is 13.8. The Labute approximate surface area is 219 Å². The molecule has 8 heteroatoms. The lowest BCUT2D eigenvalue weighted by atomic mass is 9.94. The number of aliphatic hydroxyl groups excluding tert-OH is 1. The summed E-state index contributed by atoms with van der Waals surface area (Å²) in [4.78, 5) is 30.6. The van der Waals surface area contributed by atoms with Crippen molar-refractivity contribution in [3.05, 3.63) is 106 Å². The summed E-state index contributed by atoms with van der Waals surface area (Å²) in [5, 5.41) is 12.2. The van der Waals surface area contributed by atoms with Crippen LogP contribution in [-0.4, -0.2) is 42.9 Å². The van der Waals surface area contributed by atoms with Crippen LogP contribution < -0.4 is 9.64 Å². The Bertz CT molecular complexity index is 1540. The molecule has 0 radical (unpaired) electrons. The molecule has 1 unspecified atom stereocenters. The molecule has 0 bridgehead atoms. The third-order valence-electron chi connectivity index (χ3n) is 6.51. The molecule has 0 spiro atoms. The van der Waals surface area contributed by atoms with Gasteiger partial charge in [-0.05, 0) is 48.0 Å².